The molecule has 0 radical (unpaired) electrons. The number of thioether (sulfide) groups is 1. The van der Waals surface area contributed by atoms with Crippen LogP contribution in [0.25, 0.3) is 0 Å². The molecule has 2 rings (SSSR count). The molecule has 2 fully saturated rings. The second-order valence-corrected chi connectivity index (χ2v) is 6.06. The van der Waals surface area contributed by atoms with Gasteiger partial charge in [0.2, 0.25) is 0 Å². The maximum absolute atomic E-state index is 9.76. The molecule has 2 aliphatic rings. The van der Waals surface area contributed by atoms with Gasteiger partial charge in [-0.2, -0.15) is 11.8 Å². The Hall–Kier alpha value is 0.230. The number of nitrogens with zero attached hydrogens (tertiary/aromatic N) is 1. The van der Waals surface area contributed by atoms with E-state index < -0.39 is 0 Å². The predicted molar refractivity (Wildman–Crippen MR) is 65.4 cm³/mol. The van der Waals surface area contributed by atoms with Crippen molar-refractivity contribution in [2.24, 2.45) is 0 Å². The summed E-state index contributed by atoms with van der Waals surface area (Å²) >= 11 is 2.01. The average molecular weight is 230 g/mol. The zero-order valence-electron chi connectivity index (χ0n) is 9.54. The summed E-state index contributed by atoms with van der Waals surface area (Å²) in [5.41, 5.74) is 0.0662. The predicted octanol–water partition coefficient (Wildman–Crippen LogP) is 0.538. The Bertz CT molecular complexity index is 207. The fourth-order valence-corrected chi connectivity index (χ4v) is 4.26. The van der Waals surface area contributed by atoms with E-state index in [2.05, 4.69) is 17.1 Å². The molecule has 0 aromatic carbocycles. The third-order valence-corrected chi connectivity index (χ3v) is 5.28. The number of rotatable bonds is 2. The molecular formula is C11H22N2OS. The van der Waals surface area contributed by atoms with Crippen molar-refractivity contribution in [3.63, 3.8) is 0 Å². The van der Waals surface area contributed by atoms with Gasteiger partial charge in [0.15, 0.2) is 0 Å². The normalized spacial score (nSPS) is 39.2. The molecular weight excluding hydrogens is 208 g/mol. The molecule has 2 heterocycles. The van der Waals surface area contributed by atoms with Gasteiger partial charge in [-0.05, 0) is 25.1 Å². The van der Waals surface area contributed by atoms with Crippen molar-refractivity contribution in [3.05, 3.63) is 0 Å². The minimum Gasteiger partial charge on any atom is -0.394 e. The van der Waals surface area contributed by atoms with Crippen LogP contribution in [0.2, 0.25) is 0 Å². The topological polar surface area (TPSA) is 35.5 Å². The fourth-order valence-electron chi connectivity index (χ4n) is 2.78. The van der Waals surface area contributed by atoms with Crippen LogP contribution in [-0.2, 0) is 0 Å². The first-order chi connectivity index (χ1) is 7.29. The molecule has 0 amide bonds. The molecule has 2 aliphatic heterocycles. The zero-order chi connectivity index (χ0) is 10.7. The second-order valence-electron chi connectivity index (χ2n) is 4.62. The molecule has 15 heavy (non-hydrogen) atoms. The fraction of sp³-hybridized carbons (Fsp3) is 1.00. The van der Waals surface area contributed by atoms with Crippen LogP contribution in [0.3, 0.4) is 0 Å². The summed E-state index contributed by atoms with van der Waals surface area (Å²) in [6.07, 6.45) is 2.36. The van der Waals surface area contributed by atoms with Crippen LogP contribution in [0, 0.1) is 0 Å². The third-order valence-electron chi connectivity index (χ3n) is 3.90. The van der Waals surface area contributed by atoms with Crippen molar-refractivity contribution in [1.29, 1.82) is 0 Å². The highest BCUT2D eigenvalue weighted by atomic mass is 32.2. The lowest BCUT2D eigenvalue weighted by molar-refractivity contribution is 0.0374. The lowest BCUT2D eigenvalue weighted by Crippen LogP contribution is -2.56. The summed E-state index contributed by atoms with van der Waals surface area (Å²) in [7, 11) is 0. The first-order valence-electron chi connectivity index (χ1n) is 5.98. The van der Waals surface area contributed by atoms with E-state index in [1.165, 1.54) is 12.2 Å². The van der Waals surface area contributed by atoms with Crippen LogP contribution in [-0.4, -0.2) is 59.3 Å². The average Bonchev–Trinajstić information content (AvgIpc) is 2.49. The summed E-state index contributed by atoms with van der Waals surface area (Å²) < 4.78 is 0. The molecule has 2 saturated heterocycles. The summed E-state index contributed by atoms with van der Waals surface area (Å²) in [5.74, 6) is 1.20. The Labute approximate surface area is 96.6 Å². The third kappa shape index (κ3) is 2.18. The van der Waals surface area contributed by atoms with Crippen LogP contribution in [0.1, 0.15) is 19.8 Å². The Morgan fingerprint density at radius 2 is 2.33 bits per heavy atom. The number of aliphatic hydroxyl groups excluding tert-OH is 1. The van der Waals surface area contributed by atoms with Gasteiger partial charge >= 0.3 is 0 Å². The van der Waals surface area contributed by atoms with Crippen molar-refractivity contribution < 1.29 is 5.11 Å². The smallest absolute Gasteiger partial charge is 0.0626 e. The van der Waals surface area contributed by atoms with E-state index in [9.17, 15) is 5.11 Å². The van der Waals surface area contributed by atoms with E-state index in [4.69, 9.17) is 0 Å². The van der Waals surface area contributed by atoms with Gasteiger partial charge in [-0.25, -0.2) is 0 Å². The molecule has 88 valence electrons. The molecule has 4 heteroatoms. The quantitative estimate of drug-likeness (QED) is 0.726. The monoisotopic (exact) mass is 230 g/mol. The van der Waals surface area contributed by atoms with Crippen LogP contribution in [0.5, 0.6) is 0 Å². The Morgan fingerprint density at radius 3 is 3.00 bits per heavy atom. The largest absolute Gasteiger partial charge is 0.394 e. The minimum absolute atomic E-state index is 0.0662. The van der Waals surface area contributed by atoms with Gasteiger partial charge in [0.1, 0.15) is 0 Å². The van der Waals surface area contributed by atoms with E-state index >= 15 is 0 Å². The SMILES string of the molecule is CC1SCCC1(CO)N1CCCNCC1. The first-order valence-corrected chi connectivity index (χ1v) is 7.03. The molecule has 0 aromatic rings. The molecule has 0 aromatic heterocycles. The number of aliphatic hydroxyl groups is 1. The Morgan fingerprint density at radius 1 is 1.47 bits per heavy atom. The Balaban J connectivity index is 2.09. The van der Waals surface area contributed by atoms with Gasteiger partial charge in [-0.15, -0.1) is 0 Å². The van der Waals surface area contributed by atoms with Crippen LogP contribution in [0.4, 0.5) is 0 Å². The van der Waals surface area contributed by atoms with Crippen molar-refractivity contribution in [1.82, 2.24) is 10.2 Å². The molecule has 0 aliphatic carbocycles. The molecule has 0 saturated carbocycles. The summed E-state index contributed by atoms with van der Waals surface area (Å²) in [6.45, 7) is 7.01. The molecule has 2 atom stereocenters. The summed E-state index contributed by atoms with van der Waals surface area (Å²) in [5, 5.41) is 13.8. The van der Waals surface area contributed by atoms with Gasteiger partial charge in [0, 0.05) is 24.9 Å². The van der Waals surface area contributed by atoms with Gasteiger partial charge in [-0.3, -0.25) is 4.90 Å². The highest BCUT2D eigenvalue weighted by Crippen LogP contribution is 2.40. The summed E-state index contributed by atoms with van der Waals surface area (Å²) in [4.78, 5) is 2.53. The molecule has 3 nitrogen and oxygen atoms in total. The van der Waals surface area contributed by atoms with E-state index in [-0.39, 0.29) is 5.54 Å². The number of nitrogens with one attached hydrogen (secondary N) is 1. The van der Waals surface area contributed by atoms with E-state index in [1.54, 1.807) is 0 Å². The highest BCUT2D eigenvalue weighted by Gasteiger charge is 2.44. The molecule has 0 spiro atoms. The van der Waals surface area contributed by atoms with Crippen molar-refractivity contribution >= 4 is 11.8 Å². The van der Waals surface area contributed by atoms with Crippen LogP contribution >= 0.6 is 11.8 Å². The maximum Gasteiger partial charge on any atom is 0.0626 e. The lowest BCUT2D eigenvalue weighted by atomic mass is 9.91. The van der Waals surface area contributed by atoms with E-state index in [0.29, 0.717) is 11.9 Å². The minimum atomic E-state index is 0.0662. The maximum atomic E-state index is 9.76. The van der Waals surface area contributed by atoms with Crippen molar-refractivity contribution in [3.8, 4) is 0 Å². The molecule has 0 bridgehead atoms. The van der Waals surface area contributed by atoms with E-state index in [1.807, 2.05) is 11.8 Å². The van der Waals surface area contributed by atoms with E-state index in [0.717, 1.165) is 32.6 Å². The standard InChI is InChI=1S/C11H22N2OS/c1-10-11(9-14,3-8-15-10)13-6-2-4-12-5-7-13/h10,12,14H,2-9H2,1H3. The van der Waals surface area contributed by atoms with Gasteiger partial charge < -0.3 is 10.4 Å². The first kappa shape index (κ1) is 11.7. The molecule has 2 N–H and O–H groups in total. The lowest BCUT2D eigenvalue weighted by Gasteiger charge is -2.42. The second kappa shape index (κ2) is 5.04. The van der Waals surface area contributed by atoms with Gasteiger partial charge in [0.25, 0.3) is 0 Å². The Kier molecular flexibility index (Phi) is 3.93. The molecule has 2 unspecified atom stereocenters. The van der Waals surface area contributed by atoms with Crippen LogP contribution < -0.4 is 5.32 Å². The van der Waals surface area contributed by atoms with Crippen molar-refractivity contribution in [2.45, 2.75) is 30.6 Å². The highest BCUT2D eigenvalue weighted by molar-refractivity contribution is 8.00. The summed E-state index contributed by atoms with van der Waals surface area (Å²) in [6, 6.07) is 0. The number of hydrogen-bond acceptors (Lipinski definition) is 4. The number of hydrogen-bond donors (Lipinski definition) is 2. The van der Waals surface area contributed by atoms with Crippen LogP contribution in [0.15, 0.2) is 0 Å². The van der Waals surface area contributed by atoms with Crippen molar-refractivity contribution in [2.75, 3.05) is 38.5 Å². The zero-order valence-corrected chi connectivity index (χ0v) is 10.4. The van der Waals surface area contributed by atoms with Gasteiger partial charge in [-0.1, -0.05) is 6.92 Å². The van der Waals surface area contributed by atoms with Gasteiger partial charge in [0.05, 0.1) is 12.1 Å².